The number of allylic oxidation sites excluding steroid dienone is 18. The van der Waals surface area contributed by atoms with Crippen molar-refractivity contribution < 1.29 is 42.9 Å². The zero-order chi connectivity index (χ0) is 40.7. The Labute approximate surface area is 333 Å². The van der Waals surface area contributed by atoms with E-state index in [4.69, 9.17) is 18.9 Å². The minimum Gasteiger partial charge on any atom is -0.477 e. The molecule has 0 aromatic carbocycles. The summed E-state index contributed by atoms with van der Waals surface area (Å²) in [7, 11) is 5.89. The smallest absolute Gasteiger partial charge is 0.361 e. The molecule has 0 radical (unpaired) electrons. The first-order chi connectivity index (χ1) is 26.6. The van der Waals surface area contributed by atoms with Crippen molar-refractivity contribution in [2.24, 2.45) is 0 Å². The van der Waals surface area contributed by atoms with Gasteiger partial charge in [-0.25, -0.2) is 4.79 Å². The predicted octanol–water partition coefficient (Wildman–Crippen LogP) is 10.1. The van der Waals surface area contributed by atoms with Crippen LogP contribution in [0.4, 0.5) is 0 Å². The molecule has 1 N–H and O–H groups in total. The third-order valence-corrected chi connectivity index (χ3v) is 7.54. The number of rotatable bonds is 34. The van der Waals surface area contributed by atoms with Crippen LogP contribution in [0.3, 0.4) is 0 Å². The lowest BCUT2D eigenvalue weighted by Crippen LogP contribution is -2.40. The lowest BCUT2D eigenvalue weighted by atomic mass is 10.2. The molecule has 9 heteroatoms. The quantitative estimate of drug-likeness (QED) is 0.0227. The molecule has 0 bridgehead atoms. The van der Waals surface area contributed by atoms with Gasteiger partial charge >= 0.3 is 17.9 Å². The number of carbonyl (C=O) groups is 3. The number of ether oxygens (including phenoxy) is 4. The zero-order valence-corrected chi connectivity index (χ0v) is 34.5. The summed E-state index contributed by atoms with van der Waals surface area (Å²) in [5.74, 6) is -2.22. The lowest BCUT2D eigenvalue weighted by Gasteiger charge is -2.25. The van der Waals surface area contributed by atoms with E-state index in [1.165, 1.54) is 0 Å². The average molecular weight is 767 g/mol. The zero-order valence-electron chi connectivity index (χ0n) is 34.5. The molecular formula is C46H72NO8+. The summed E-state index contributed by atoms with van der Waals surface area (Å²) in [4.78, 5) is 36.9. The van der Waals surface area contributed by atoms with Gasteiger partial charge in [0.2, 0.25) is 0 Å². The van der Waals surface area contributed by atoms with Crippen LogP contribution < -0.4 is 0 Å². The van der Waals surface area contributed by atoms with Crippen molar-refractivity contribution in [3.8, 4) is 0 Å². The highest BCUT2D eigenvalue weighted by atomic mass is 16.7. The van der Waals surface area contributed by atoms with Crippen LogP contribution in [0.25, 0.3) is 0 Å². The van der Waals surface area contributed by atoms with Crippen molar-refractivity contribution in [3.05, 3.63) is 109 Å². The largest absolute Gasteiger partial charge is 0.477 e. The predicted molar refractivity (Wildman–Crippen MR) is 225 cm³/mol. The Kier molecular flexibility index (Phi) is 34.2. The molecule has 0 aromatic rings. The van der Waals surface area contributed by atoms with Crippen LogP contribution in [0.1, 0.15) is 104 Å². The first-order valence-corrected chi connectivity index (χ1v) is 20.1. The topological polar surface area (TPSA) is 108 Å². The number of unbranched alkanes of at least 4 members (excludes halogenated alkanes) is 1. The van der Waals surface area contributed by atoms with E-state index in [0.29, 0.717) is 30.3 Å². The average Bonchev–Trinajstić information content (AvgIpc) is 3.14. The van der Waals surface area contributed by atoms with Crippen molar-refractivity contribution in [2.75, 3.05) is 47.5 Å². The number of quaternary nitrogens is 1. The van der Waals surface area contributed by atoms with E-state index in [0.717, 1.165) is 57.8 Å². The van der Waals surface area contributed by atoms with Gasteiger partial charge in [-0.2, -0.15) is 0 Å². The Morgan fingerprint density at radius 3 is 1.42 bits per heavy atom. The maximum absolute atomic E-state index is 12.7. The van der Waals surface area contributed by atoms with Crippen molar-refractivity contribution >= 4 is 17.9 Å². The number of nitrogens with zero attached hydrogens (tertiary/aromatic N) is 1. The van der Waals surface area contributed by atoms with Crippen LogP contribution >= 0.6 is 0 Å². The lowest BCUT2D eigenvalue weighted by molar-refractivity contribution is -0.870. The monoisotopic (exact) mass is 767 g/mol. The van der Waals surface area contributed by atoms with Gasteiger partial charge < -0.3 is 28.5 Å². The van der Waals surface area contributed by atoms with Gasteiger partial charge in [0.15, 0.2) is 6.10 Å². The Balaban J connectivity index is 4.74. The highest BCUT2D eigenvalue weighted by Gasteiger charge is 2.25. The maximum atomic E-state index is 12.7. The number of esters is 2. The van der Waals surface area contributed by atoms with E-state index in [1.807, 2.05) is 39.4 Å². The van der Waals surface area contributed by atoms with Gasteiger partial charge in [0.25, 0.3) is 6.29 Å². The number of carboxylic acid groups (broad SMARTS) is 1. The molecule has 0 aliphatic heterocycles. The number of likely N-dealkylation sites (N-methyl/N-ethyl adjacent to an activating group) is 1. The van der Waals surface area contributed by atoms with Crippen LogP contribution in [0, 0.1) is 0 Å². The van der Waals surface area contributed by atoms with Crippen molar-refractivity contribution in [2.45, 2.75) is 116 Å². The summed E-state index contributed by atoms with van der Waals surface area (Å²) in [5.41, 5.74) is 0. The molecule has 0 heterocycles. The van der Waals surface area contributed by atoms with Crippen molar-refractivity contribution in [3.63, 3.8) is 0 Å². The van der Waals surface area contributed by atoms with E-state index < -0.39 is 30.3 Å². The van der Waals surface area contributed by atoms with Gasteiger partial charge in [0.1, 0.15) is 13.2 Å². The van der Waals surface area contributed by atoms with Gasteiger partial charge in [-0.15, -0.1) is 0 Å². The number of hydrogen-bond acceptors (Lipinski definition) is 7. The minimum atomic E-state index is -1.54. The molecule has 55 heavy (non-hydrogen) atoms. The first kappa shape index (κ1) is 51.0. The fourth-order valence-electron chi connectivity index (χ4n) is 4.47. The first-order valence-electron chi connectivity index (χ1n) is 20.1. The second-order valence-electron chi connectivity index (χ2n) is 13.8. The molecule has 9 nitrogen and oxygen atoms in total. The summed E-state index contributed by atoms with van der Waals surface area (Å²) in [6.45, 7) is 4.43. The van der Waals surface area contributed by atoms with Gasteiger partial charge in [0.05, 0.1) is 34.4 Å². The standard InChI is InChI=1S/C46H71NO8/c1-6-8-10-12-14-16-18-20-21-22-23-25-27-29-31-33-35-37-44(49)55-42(41-54-46(45(50)51)52-39-38-47(3,4)5)40-53-43(48)36-34-32-30-28-26-24-19-17-15-13-11-9-7-2/h8-11,14-17,20-21,23-26,29-32,42,46H,6-7,12-13,18-19,22,27-28,33-41H2,1-5H3/p+1/b10-8-,11-9-,16-14-,17-15-,21-20-,25-23-,26-24-,31-29-,32-30-. The van der Waals surface area contributed by atoms with E-state index in [1.54, 1.807) is 0 Å². The third-order valence-electron chi connectivity index (χ3n) is 7.54. The Hall–Kier alpha value is -4.05. The molecule has 0 aliphatic carbocycles. The third kappa shape index (κ3) is 38.0. The van der Waals surface area contributed by atoms with Crippen LogP contribution in [-0.2, 0) is 33.3 Å². The summed E-state index contributed by atoms with van der Waals surface area (Å²) in [6.07, 6.45) is 46.1. The van der Waals surface area contributed by atoms with Crippen molar-refractivity contribution in [1.29, 1.82) is 0 Å². The van der Waals surface area contributed by atoms with Crippen molar-refractivity contribution in [1.82, 2.24) is 0 Å². The molecule has 0 fully saturated rings. The molecule has 0 aliphatic rings. The summed E-state index contributed by atoms with van der Waals surface area (Å²) >= 11 is 0. The summed E-state index contributed by atoms with van der Waals surface area (Å²) in [6, 6.07) is 0. The Bertz CT molecular complexity index is 1260. The molecular weight excluding hydrogens is 695 g/mol. The van der Waals surface area contributed by atoms with Crippen LogP contribution in [0.5, 0.6) is 0 Å². The van der Waals surface area contributed by atoms with Crippen LogP contribution in [0.15, 0.2) is 109 Å². The summed E-state index contributed by atoms with van der Waals surface area (Å²) in [5, 5.41) is 9.60. The minimum absolute atomic E-state index is 0.160. The molecule has 0 amide bonds. The van der Waals surface area contributed by atoms with Gasteiger partial charge in [0, 0.05) is 12.8 Å². The summed E-state index contributed by atoms with van der Waals surface area (Å²) < 4.78 is 22.5. The normalized spacial score (nSPS) is 14.1. The van der Waals surface area contributed by atoms with Gasteiger partial charge in [-0.1, -0.05) is 123 Å². The van der Waals surface area contributed by atoms with Crippen LogP contribution in [-0.4, -0.2) is 87.4 Å². The Morgan fingerprint density at radius 2 is 0.982 bits per heavy atom. The number of aliphatic carboxylic acids is 1. The fourth-order valence-corrected chi connectivity index (χ4v) is 4.47. The van der Waals surface area contributed by atoms with Crippen LogP contribution in [0.2, 0.25) is 0 Å². The second kappa shape index (κ2) is 36.9. The highest BCUT2D eigenvalue weighted by Crippen LogP contribution is 2.08. The Morgan fingerprint density at radius 1 is 0.545 bits per heavy atom. The molecule has 0 saturated carbocycles. The molecule has 0 rings (SSSR count). The molecule has 0 saturated heterocycles. The maximum Gasteiger partial charge on any atom is 0.361 e. The molecule has 0 aromatic heterocycles. The fraction of sp³-hybridized carbons (Fsp3) is 0.543. The molecule has 2 unspecified atom stereocenters. The SMILES string of the molecule is CC/C=C\C/C=C\C/C=C\C/C=C\C/C=C\CCCC(=O)OC(COC(=O)CC/C=C\C/C=C\C/C=C\C/C=C\CC)COC(OCC[N+](C)(C)C)C(=O)O. The highest BCUT2D eigenvalue weighted by molar-refractivity contribution is 5.71. The molecule has 0 spiro atoms. The van der Waals surface area contributed by atoms with Gasteiger partial charge in [-0.05, 0) is 77.0 Å². The van der Waals surface area contributed by atoms with Gasteiger partial charge in [-0.3, -0.25) is 9.59 Å². The van der Waals surface area contributed by atoms with E-state index in [9.17, 15) is 19.5 Å². The number of carbonyl (C=O) groups excluding carboxylic acids is 2. The number of hydrogen-bond donors (Lipinski definition) is 1. The van der Waals surface area contributed by atoms with E-state index >= 15 is 0 Å². The molecule has 2 atom stereocenters. The molecule has 308 valence electrons. The van der Waals surface area contributed by atoms with E-state index in [2.05, 4.69) is 105 Å². The van der Waals surface area contributed by atoms with E-state index in [-0.39, 0.29) is 32.7 Å². The number of carboxylic acids is 1. The second-order valence-corrected chi connectivity index (χ2v) is 13.8.